The molecule has 0 spiro atoms. The molecule has 1 rings (SSSR count). The second kappa shape index (κ2) is 5.40. The Hall–Kier alpha value is -1.35. The molecule has 0 aromatic heterocycles. The van der Waals surface area contributed by atoms with Gasteiger partial charge in [-0.1, -0.05) is 25.1 Å². The van der Waals surface area contributed by atoms with Crippen LogP contribution in [0.2, 0.25) is 0 Å². The van der Waals surface area contributed by atoms with Gasteiger partial charge in [-0.25, -0.2) is 0 Å². The van der Waals surface area contributed by atoms with Crippen LogP contribution in [-0.2, 0) is 0 Å². The zero-order valence-electron chi connectivity index (χ0n) is 8.58. The summed E-state index contributed by atoms with van der Waals surface area (Å²) in [5, 5.41) is 5.90. The molecule has 0 aliphatic heterocycles. The van der Waals surface area contributed by atoms with Crippen molar-refractivity contribution in [2.45, 2.75) is 19.5 Å². The molecule has 0 heterocycles. The zero-order valence-corrected chi connectivity index (χ0v) is 8.58. The highest BCUT2D eigenvalue weighted by Gasteiger charge is 2.08. The summed E-state index contributed by atoms with van der Waals surface area (Å²) >= 11 is 0. The van der Waals surface area contributed by atoms with E-state index >= 15 is 0 Å². The summed E-state index contributed by atoms with van der Waals surface area (Å²) in [5.41, 5.74) is 0.696. The second-order valence-corrected chi connectivity index (χ2v) is 3.09. The highest BCUT2D eigenvalue weighted by atomic mass is 16.1. The normalized spacial score (nSPS) is 12.1. The predicted molar refractivity (Wildman–Crippen MR) is 57.0 cm³/mol. The maximum atomic E-state index is 11.6. The van der Waals surface area contributed by atoms with Gasteiger partial charge >= 0.3 is 0 Å². The van der Waals surface area contributed by atoms with Gasteiger partial charge in [0.25, 0.3) is 5.91 Å². The van der Waals surface area contributed by atoms with Gasteiger partial charge in [0.2, 0.25) is 0 Å². The fourth-order valence-electron chi connectivity index (χ4n) is 1.21. The van der Waals surface area contributed by atoms with E-state index in [9.17, 15) is 4.79 Å². The van der Waals surface area contributed by atoms with Crippen LogP contribution in [0, 0.1) is 0 Å². The van der Waals surface area contributed by atoms with Crippen molar-refractivity contribution in [3.8, 4) is 0 Å². The summed E-state index contributed by atoms with van der Waals surface area (Å²) in [6.45, 7) is 2.02. The van der Waals surface area contributed by atoms with Gasteiger partial charge in [0.05, 0.1) is 6.17 Å². The molecule has 0 saturated heterocycles. The number of nitrogens with one attached hydrogen (secondary N) is 2. The monoisotopic (exact) mass is 192 g/mol. The lowest BCUT2D eigenvalue weighted by atomic mass is 10.2. The molecule has 0 aliphatic rings. The highest BCUT2D eigenvalue weighted by molar-refractivity contribution is 5.94. The Morgan fingerprint density at radius 1 is 1.36 bits per heavy atom. The van der Waals surface area contributed by atoms with Gasteiger partial charge in [-0.2, -0.15) is 0 Å². The third-order valence-corrected chi connectivity index (χ3v) is 2.10. The number of carbonyl (C=O) groups excluding carboxylic acids is 1. The molecule has 1 aromatic carbocycles. The maximum Gasteiger partial charge on any atom is 0.252 e. The van der Waals surface area contributed by atoms with Gasteiger partial charge in [0.15, 0.2) is 0 Å². The number of carbonyl (C=O) groups is 1. The summed E-state index contributed by atoms with van der Waals surface area (Å²) in [5.74, 6) is -0.0354. The molecule has 1 aromatic rings. The third-order valence-electron chi connectivity index (χ3n) is 2.10. The Kier molecular flexibility index (Phi) is 4.13. The number of benzene rings is 1. The van der Waals surface area contributed by atoms with Crippen LogP contribution >= 0.6 is 0 Å². The molecule has 0 radical (unpaired) electrons. The van der Waals surface area contributed by atoms with Gasteiger partial charge in [-0.3, -0.25) is 4.79 Å². The van der Waals surface area contributed by atoms with Gasteiger partial charge in [0, 0.05) is 5.56 Å². The molecule has 0 bridgehead atoms. The minimum atomic E-state index is -0.0354. The van der Waals surface area contributed by atoms with E-state index < -0.39 is 0 Å². The largest absolute Gasteiger partial charge is 0.337 e. The number of amides is 1. The first-order valence-electron chi connectivity index (χ1n) is 4.81. The van der Waals surface area contributed by atoms with Gasteiger partial charge in [-0.15, -0.1) is 0 Å². The summed E-state index contributed by atoms with van der Waals surface area (Å²) in [4.78, 5) is 11.6. The first kappa shape index (κ1) is 10.7. The quantitative estimate of drug-likeness (QED) is 0.707. The van der Waals surface area contributed by atoms with Crippen LogP contribution in [0.25, 0.3) is 0 Å². The summed E-state index contributed by atoms with van der Waals surface area (Å²) in [6.07, 6.45) is 0.914. The Balaban J connectivity index is 2.59. The van der Waals surface area contributed by atoms with Gasteiger partial charge in [0.1, 0.15) is 0 Å². The van der Waals surface area contributed by atoms with Gasteiger partial charge in [-0.05, 0) is 25.6 Å². The van der Waals surface area contributed by atoms with E-state index in [1.54, 1.807) is 12.1 Å². The van der Waals surface area contributed by atoms with E-state index in [-0.39, 0.29) is 12.1 Å². The van der Waals surface area contributed by atoms with Gasteiger partial charge < -0.3 is 10.6 Å². The van der Waals surface area contributed by atoms with Crippen molar-refractivity contribution in [1.82, 2.24) is 10.6 Å². The summed E-state index contributed by atoms with van der Waals surface area (Å²) in [7, 11) is 1.83. The Labute approximate surface area is 84.5 Å². The molecule has 76 valence electrons. The van der Waals surface area contributed by atoms with Crippen LogP contribution in [0.3, 0.4) is 0 Å². The summed E-state index contributed by atoms with van der Waals surface area (Å²) in [6, 6.07) is 9.21. The lowest BCUT2D eigenvalue weighted by Gasteiger charge is -2.15. The Morgan fingerprint density at radius 2 is 2.00 bits per heavy atom. The fourth-order valence-corrected chi connectivity index (χ4v) is 1.21. The van der Waals surface area contributed by atoms with Crippen molar-refractivity contribution in [2.75, 3.05) is 7.05 Å². The average Bonchev–Trinajstić information content (AvgIpc) is 2.26. The van der Waals surface area contributed by atoms with E-state index in [0.29, 0.717) is 5.56 Å². The minimum Gasteiger partial charge on any atom is -0.337 e. The molecule has 0 aliphatic carbocycles. The van der Waals surface area contributed by atoms with E-state index in [1.807, 2.05) is 32.2 Å². The van der Waals surface area contributed by atoms with Crippen molar-refractivity contribution in [3.05, 3.63) is 35.9 Å². The van der Waals surface area contributed by atoms with Crippen LogP contribution in [0.15, 0.2) is 30.3 Å². The van der Waals surface area contributed by atoms with Crippen molar-refractivity contribution in [2.24, 2.45) is 0 Å². The molecule has 1 amide bonds. The third kappa shape index (κ3) is 2.85. The molecule has 1 unspecified atom stereocenters. The zero-order chi connectivity index (χ0) is 10.4. The molecule has 0 fully saturated rings. The minimum absolute atomic E-state index is 0.0354. The molecule has 1 atom stereocenters. The van der Waals surface area contributed by atoms with Crippen molar-refractivity contribution >= 4 is 5.91 Å². The predicted octanol–water partition coefficient (Wildman–Crippen LogP) is 1.37. The standard InChI is InChI=1S/C11H16N2O/c1-3-10(12-2)13-11(14)9-7-5-4-6-8-9/h4-8,10,12H,3H2,1-2H3,(H,13,14). The van der Waals surface area contributed by atoms with Crippen LogP contribution < -0.4 is 10.6 Å². The van der Waals surface area contributed by atoms with E-state index in [4.69, 9.17) is 0 Å². The van der Waals surface area contributed by atoms with Crippen LogP contribution in [0.5, 0.6) is 0 Å². The highest BCUT2D eigenvalue weighted by Crippen LogP contribution is 1.98. The van der Waals surface area contributed by atoms with E-state index in [0.717, 1.165) is 6.42 Å². The van der Waals surface area contributed by atoms with E-state index in [1.165, 1.54) is 0 Å². The maximum absolute atomic E-state index is 11.6. The Bertz CT molecular complexity index is 281. The summed E-state index contributed by atoms with van der Waals surface area (Å²) < 4.78 is 0. The van der Waals surface area contributed by atoms with Crippen LogP contribution in [0.4, 0.5) is 0 Å². The lowest BCUT2D eigenvalue weighted by Crippen LogP contribution is -2.43. The van der Waals surface area contributed by atoms with E-state index in [2.05, 4.69) is 10.6 Å². The van der Waals surface area contributed by atoms with Crippen LogP contribution in [-0.4, -0.2) is 19.1 Å². The van der Waals surface area contributed by atoms with Crippen molar-refractivity contribution in [1.29, 1.82) is 0 Å². The SMILES string of the molecule is CCC(NC)NC(=O)c1ccccc1. The first-order valence-corrected chi connectivity index (χ1v) is 4.81. The topological polar surface area (TPSA) is 41.1 Å². The average molecular weight is 192 g/mol. The molecule has 0 saturated carbocycles. The molecule has 14 heavy (non-hydrogen) atoms. The fraction of sp³-hybridized carbons (Fsp3) is 0.364. The van der Waals surface area contributed by atoms with Crippen LogP contribution in [0.1, 0.15) is 23.7 Å². The molecule has 2 N–H and O–H groups in total. The molecule has 3 nitrogen and oxygen atoms in total. The Morgan fingerprint density at radius 3 is 2.50 bits per heavy atom. The number of rotatable bonds is 4. The number of hydrogen-bond acceptors (Lipinski definition) is 2. The first-order chi connectivity index (χ1) is 6.77. The van der Waals surface area contributed by atoms with Crippen molar-refractivity contribution < 1.29 is 4.79 Å². The smallest absolute Gasteiger partial charge is 0.252 e. The molecule has 3 heteroatoms. The van der Waals surface area contributed by atoms with Crippen molar-refractivity contribution in [3.63, 3.8) is 0 Å². The molecular weight excluding hydrogens is 176 g/mol. The number of hydrogen-bond donors (Lipinski definition) is 2. The second-order valence-electron chi connectivity index (χ2n) is 3.09. The molecular formula is C11H16N2O. The lowest BCUT2D eigenvalue weighted by molar-refractivity contribution is 0.0930.